The molecule has 2 aliphatic rings. The minimum atomic E-state index is -0.360. The fraction of sp³-hybridized carbons (Fsp3) is 0.583. The zero-order chi connectivity index (χ0) is 22.5. The van der Waals surface area contributed by atoms with Gasteiger partial charge in [-0.1, -0.05) is 0 Å². The van der Waals surface area contributed by atoms with Gasteiger partial charge >= 0.3 is 11.6 Å². The fourth-order valence-electron chi connectivity index (χ4n) is 4.45. The molecule has 0 atom stereocenters. The number of rotatable bonds is 8. The summed E-state index contributed by atoms with van der Waals surface area (Å²) in [6.45, 7) is 10.7. The Labute approximate surface area is 188 Å². The molecule has 1 saturated heterocycles. The maximum atomic E-state index is 12.1. The Kier molecular flexibility index (Phi) is 7.44. The monoisotopic (exact) mass is 444 g/mol. The predicted octanol–water partition coefficient (Wildman–Crippen LogP) is 2.47. The Morgan fingerprint density at radius 1 is 1.16 bits per heavy atom. The van der Waals surface area contributed by atoms with Crippen LogP contribution in [-0.4, -0.2) is 68.5 Å². The third-order valence-electron chi connectivity index (χ3n) is 6.09. The number of carbonyl (C=O) groups excluding carboxylic acids is 1. The van der Waals surface area contributed by atoms with Crippen LogP contribution in [0.1, 0.15) is 36.5 Å². The standard InChI is InChI=1S/C24H32N2O6/c1-3-30-21(27)6-5-18-14-19-17(2)13-22(28)32-24(19)20-15-26(16-31-23(18)20)8-4-7-25-9-11-29-12-10-25/h13-14H,3-12,15-16H2,1-2H3. The van der Waals surface area contributed by atoms with Crippen molar-refractivity contribution in [2.75, 3.05) is 52.7 Å². The molecule has 3 heterocycles. The smallest absolute Gasteiger partial charge is 0.336 e. The van der Waals surface area contributed by atoms with Crippen LogP contribution in [0.15, 0.2) is 21.3 Å². The molecular weight excluding hydrogens is 412 g/mol. The van der Waals surface area contributed by atoms with Crippen molar-refractivity contribution >= 4 is 16.9 Å². The summed E-state index contributed by atoms with van der Waals surface area (Å²) in [5.74, 6) is 0.512. The average Bonchev–Trinajstić information content (AvgIpc) is 2.79. The third-order valence-corrected chi connectivity index (χ3v) is 6.09. The van der Waals surface area contributed by atoms with Gasteiger partial charge in [0.05, 0.1) is 25.4 Å². The average molecular weight is 445 g/mol. The maximum Gasteiger partial charge on any atom is 0.336 e. The molecule has 1 aromatic heterocycles. The first-order chi connectivity index (χ1) is 15.5. The summed E-state index contributed by atoms with van der Waals surface area (Å²) in [6, 6.07) is 3.49. The largest absolute Gasteiger partial charge is 0.477 e. The van der Waals surface area contributed by atoms with Gasteiger partial charge in [-0.2, -0.15) is 0 Å². The van der Waals surface area contributed by atoms with Crippen molar-refractivity contribution in [3.63, 3.8) is 0 Å². The van der Waals surface area contributed by atoms with Crippen molar-refractivity contribution in [3.05, 3.63) is 39.2 Å². The number of aryl methyl sites for hydroxylation is 2. The molecule has 0 aliphatic carbocycles. The Bertz CT molecular complexity index is 1010. The van der Waals surface area contributed by atoms with E-state index in [1.807, 2.05) is 13.0 Å². The highest BCUT2D eigenvalue weighted by atomic mass is 16.5. The number of benzene rings is 1. The molecule has 8 nitrogen and oxygen atoms in total. The van der Waals surface area contributed by atoms with Crippen LogP contribution in [0, 0.1) is 6.92 Å². The normalized spacial score (nSPS) is 17.2. The van der Waals surface area contributed by atoms with Crippen LogP contribution in [0.25, 0.3) is 11.0 Å². The summed E-state index contributed by atoms with van der Waals surface area (Å²) in [6.07, 6.45) is 1.84. The lowest BCUT2D eigenvalue weighted by Crippen LogP contribution is -2.39. The van der Waals surface area contributed by atoms with Crippen molar-refractivity contribution in [1.29, 1.82) is 0 Å². The Morgan fingerprint density at radius 2 is 1.94 bits per heavy atom. The van der Waals surface area contributed by atoms with Gasteiger partial charge in [0.1, 0.15) is 18.1 Å². The molecule has 0 amide bonds. The van der Waals surface area contributed by atoms with E-state index < -0.39 is 0 Å². The van der Waals surface area contributed by atoms with Gasteiger partial charge < -0.3 is 18.6 Å². The van der Waals surface area contributed by atoms with Gasteiger partial charge in [-0.05, 0) is 50.4 Å². The summed E-state index contributed by atoms with van der Waals surface area (Å²) in [4.78, 5) is 28.7. The number of morpholine rings is 1. The zero-order valence-corrected chi connectivity index (χ0v) is 19.0. The van der Waals surface area contributed by atoms with Gasteiger partial charge in [0, 0.05) is 44.1 Å². The number of esters is 1. The van der Waals surface area contributed by atoms with Crippen molar-refractivity contribution in [3.8, 4) is 5.75 Å². The molecule has 2 aromatic rings. The number of carbonyl (C=O) groups is 1. The lowest BCUT2D eigenvalue weighted by molar-refractivity contribution is -0.143. The molecule has 8 heteroatoms. The van der Waals surface area contributed by atoms with Crippen molar-refractivity contribution in [2.45, 2.75) is 39.7 Å². The minimum Gasteiger partial charge on any atom is -0.477 e. The molecule has 1 fully saturated rings. The predicted molar refractivity (Wildman–Crippen MR) is 120 cm³/mol. The SMILES string of the molecule is CCOC(=O)CCc1cc2c(C)cc(=O)oc2c2c1OCN(CCCN1CCOCC1)C2. The van der Waals surface area contributed by atoms with Gasteiger partial charge in [-0.3, -0.25) is 14.6 Å². The number of hydrogen-bond donors (Lipinski definition) is 0. The molecule has 0 N–H and O–H groups in total. The molecule has 32 heavy (non-hydrogen) atoms. The molecule has 1 aromatic carbocycles. The summed E-state index contributed by atoms with van der Waals surface area (Å²) in [5, 5.41) is 0.890. The van der Waals surface area contributed by atoms with E-state index >= 15 is 0 Å². The van der Waals surface area contributed by atoms with E-state index in [-0.39, 0.29) is 18.0 Å². The lowest BCUT2D eigenvalue weighted by Gasteiger charge is -2.32. The summed E-state index contributed by atoms with van der Waals surface area (Å²) >= 11 is 0. The van der Waals surface area contributed by atoms with E-state index in [1.165, 1.54) is 6.07 Å². The Hall–Kier alpha value is -2.42. The van der Waals surface area contributed by atoms with Crippen LogP contribution in [0.4, 0.5) is 0 Å². The quantitative estimate of drug-likeness (QED) is 0.454. The highest BCUT2D eigenvalue weighted by molar-refractivity contribution is 5.86. The summed E-state index contributed by atoms with van der Waals surface area (Å²) in [5.41, 5.74) is 2.93. The molecule has 0 unspecified atom stereocenters. The molecule has 0 saturated carbocycles. The summed E-state index contributed by atoms with van der Waals surface area (Å²) in [7, 11) is 0. The lowest BCUT2D eigenvalue weighted by atomic mass is 9.97. The van der Waals surface area contributed by atoms with E-state index in [0.29, 0.717) is 31.9 Å². The van der Waals surface area contributed by atoms with Gasteiger partial charge in [-0.15, -0.1) is 0 Å². The van der Waals surface area contributed by atoms with E-state index in [4.69, 9.17) is 18.6 Å². The molecule has 4 rings (SSSR count). The molecule has 174 valence electrons. The van der Waals surface area contributed by atoms with Crippen molar-refractivity contribution < 1.29 is 23.4 Å². The first-order valence-electron chi connectivity index (χ1n) is 11.4. The van der Waals surface area contributed by atoms with Crippen LogP contribution in [0.5, 0.6) is 5.75 Å². The van der Waals surface area contributed by atoms with E-state index in [1.54, 1.807) is 6.92 Å². The van der Waals surface area contributed by atoms with E-state index in [2.05, 4.69) is 9.80 Å². The summed E-state index contributed by atoms with van der Waals surface area (Å²) < 4.78 is 22.3. The minimum absolute atomic E-state index is 0.224. The van der Waals surface area contributed by atoms with Crippen LogP contribution in [-0.2, 0) is 27.2 Å². The van der Waals surface area contributed by atoms with Crippen LogP contribution >= 0.6 is 0 Å². The number of nitrogens with zero attached hydrogens (tertiary/aromatic N) is 2. The van der Waals surface area contributed by atoms with E-state index in [9.17, 15) is 9.59 Å². The first kappa shape index (κ1) is 22.8. The molecule has 0 spiro atoms. The highest BCUT2D eigenvalue weighted by Crippen LogP contribution is 2.37. The molecule has 0 radical (unpaired) electrons. The first-order valence-corrected chi connectivity index (χ1v) is 11.4. The molecular formula is C24H32N2O6. The second-order valence-electron chi connectivity index (χ2n) is 8.41. The van der Waals surface area contributed by atoms with Crippen LogP contribution in [0.2, 0.25) is 0 Å². The number of fused-ring (bicyclic) bond motifs is 3. The highest BCUT2D eigenvalue weighted by Gasteiger charge is 2.25. The Morgan fingerprint density at radius 3 is 2.72 bits per heavy atom. The Balaban J connectivity index is 1.54. The molecule has 0 bridgehead atoms. The second-order valence-corrected chi connectivity index (χ2v) is 8.41. The van der Waals surface area contributed by atoms with Crippen LogP contribution < -0.4 is 10.4 Å². The number of hydrogen-bond acceptors (Lipinski definition) is 8. The zero-order valence-electron chi connectivity index (χ0n) is 19.0. The van der Waals surface area contributed by atoms with Crippen LogP contribution in [0.3, 0.4) is 0 Å². The third kappa shape index (κ3) is 5.31. The topological polar surface area (TPSA) is 81.5 Å². The van der Waals surface area contributed by atoms with Gasteiger partial charge in [0.2, 0.25) is 0 Å². The van der Waals surface area contributed by atoms with Gasteiger partial charge in [-0.25, -0.2) is 4.79 Å². The fourth-order valence-corrected chi connectivity index (χ4v) is 4.45. The van der Waals surface area contributed by atoms with Gasteiger partial charge in [0.25, 0.3) is 0 Å². The van der Waals surface area contributed by atoms with Gasteiger partial charge in [0.15, 0.2) is 0 Å². The van der Waals surface area contributed by atoms with Crippen molar-refractivity contribution in [2.24, 2.45) is 0 Å². The number of ether oxygens (including phenoxy) is 3. The van der Waals surface area contributed by atoms with Crippen molar-refractivity contribution in [1.82, 2.24) is 9.80 Å². The second kappa shape index (κ2) is 10.5. The molecule has 2 aliphatic heterocycles. The maximum absolute atomic E-state index is 12.1. The van der Waals surface area contributed by atoms with E-state index in [0.717, 1.165) is 73.6 Å².